The minimum atomic E-state index is -0.846. The number of aliphatic hydroxyl groups excluding tert-OH is 1. The van der Waals surface area contributed by atoms with Gasteiger partial charge < -0.3 is 34.9 Å². The number of ether oxygens (including phenoxy) is 2. The number of aromatic nitrogens is 1. The van der Waals surface area contributed by atoms with Crippen molar-refractivity contribution in [2.75, 3.05) is 58.4 Å². The lowest BCUT2D eigenvalue weighted by Gasteiger charge is -2.27. The highest BCUT2D eigenvalue weighted by Crippen LogP contribution is 2.38. The average Bonchev–Trinajstić information content (AvgIpc) is 3.87. The summed E-state index contributed by atoms with van der Waals surface area (Å²) in [7, 11) is 1.35. The molecule has 0 radical (unpaired) electrons. The zero-order chi connectivity index (χ0) is 43.1. The van der Waals surface area contributed by atoms with E-state index in [9.17, 15) is 24.6 Å². The van der Waals surface area contributed by atoms with Crippen LogP contribution in [-0.4, -0.2) is 96.1 Å². The summed E-state index contributed by atoms with van der Waals surface area (Å²) in [5.74, 6) is 1.84. The van der Waals surface area contributed by atoms with Gasteiger partial charge in [0.25, 0.3) is 0 Å². The van der Waals surface area contributed by atoms with Crippen LogP contribution in [0.2, 0.25) is 0 Å². The van der Waals surface area contributed by atoms with Gasteiger partial charge in [-0.3, -0.25) is 19.8 Å². The number of rotatable bonds is 17. The number of aliphatic hydroxyl groups is 1. The summed E-state index contributed by atoms with van der Waals surface area (Å²) in [6, 6.07) is 32.5. The topological polar surface area (TPSA) is 156 Å². The highest BCUT2D eigenvalue weighted by molar-refractivity contribution is 5.91. The number of carbonyl (C=O) groups excluding carboxylic acids is 2. The van der Waals surface area contributed by atoms with Crippen LogP contribution >= 0.6 is 0 Å². The number of likely N-dealkylation sites (tertiary alicyclic amines) is 1. The number of benzene rings is 4. The van der Waals surface area contributed by atoms with E-state index in [1.165, 1.54) is 62.7 Å². The Balaban J connectivity index is 0.000000305. The largest absolute Gasteiger partial charge is 0.506 e. The number of methoxy groups -OCH3 is 1. The van der Waals surface area contributed by atoms with Gasteiger partial charge in [0.2, 0.25) is 11.5 Å². The lowest BCUT2D eigenvalue weighted by atomic mass is 10.0. The summed E-state index contributed by atoms with van der Waals surface area (Å²) in [6.45, 7) is 9.80. The SMILES string of the molecule is CC(C)N(CCNCC(O)c1ccc(O)c2[nH]c(=O)ccc12)C(=O)CCOCCc1cccc(CN2CC3CCCC3C2)c1.COC(=O)Nc1ccccc1-c1ccccc1. The molecule has 1 saturated heterocycles. The number of fused-ring (bicyclic) bond motifs is 2. The van der Waals surface area contributed by atoms with E-state index < -0.39 is 12.2 Å². The molecule has 0 bridgehead atoms. The number of aromatic amines is 1. The molecular weight excluding hydrogens is 771 g/mol. The zero-order valence-corrected chi connectivity index (χ0v) is 35.6. The second kappa shape index (κ2) is 22.4. The molecule has 7 rings (SSSR count). The van der Waals surface area contributed by atoms with Gasteiger partial charge >= 0.3 is 6.09 Å². The van der Waals surface area contributed by atoms with Gasteiger partial charge in [-0.15, -0.1) is 0 Å². The molecule has 61 heavy (non-hydrogen) atoms. The van der Waals surface area contributed by atoms with Gasteiger partial charge in [-0.05, 0) is 85.4 Å². The Morgan fingerprint density at radius 2 is 1.64 bits per heavy atom. The quantitative estimate of drug-likeness (QED) is 0.0599. The van der Waals surface area contributed by atoms with E-state index in [4.69, 9.17) is 4.74 Å². The molecule has 324 valence electrons. The van der Waals surface area contributed by atoms with Gasteiger partial charge in [-0.1, -0.05) is 85.3 Å². The highest BCUT2D eigenvalue weighted by atomic mass is 16.5. The lowest BCUT2D eigenvalue weighted by molar-refractivity contribution is -0.134. The minimum Gasteiger partial charge on any atom is -0.506 e. The molecular formula is C49H61N5O7. The van der Waals surface area contributed by atoms with Gasteiger partial charge in [-0.2, -0.15) is 0 Å². The minimum absolute atomic E-state index is 0.0413. The van der Waals surface area contributed by atoms with Crippen molar-refractivity contribution in [1.29, 1.82) is 0 Å². The zero-order valence-electron chi connectivity index (χ0n) is 35.6. The van der Waals surface area contributed by atoms with Gasteiger partial charge in [0, 0.05) is 62.3 Å². The highest BCUT2D eigenvalue weighted by Gasteiger charge is 2.35. The summed E-state index contributed by atoms with van der Waals surface area (Å²) >= 11 is 0. The number of carbonyl (C=O) groups is 2. The average molecular weight is 832 g/mol. The number of anilines is 1. The number of phenolic OH excluding ortho intramolecular Hbond substituents is 1. The van der Waals surface area contributed by atoms with E-state index in [0.717, 1.165) is 41.6 Å². The van der Waals surface area contributed by atoms with Crippen molar-refractivity contribution < 1.29 is 29.3 Å². The van der Waals surface area contributed by atoms with Crippen molar-refractivity contribution in [1.82, 2.24) is 20.1 Å². The number of nitrogens with one attached hydrogen (secondary N) is 3. The van der Waals surface area contributed by atoms with Crippen LogP contribution < -0.4 is 16.2 Å². The van der Waals surface area contributed by atoms with Crippen LogP contribution in [-0.2, 0) is 27.2 Å². The number of pyridine rings is 1. The maximum absolute atomic E-state index is 13.0. The fraction of sp³-hybridized carbons (Fsp3) is 0.408. The molecule has 1 aromatic heterocycles. The molecule has 2 fully saturated rings. The Kier molecular flexibility index (Phi) is 16.5. The molecule has 3 unspecified atom stereocenters. The first kappa shape index (κ1) is 45.0. The molecule has 5 aromatic rings. The lowest BCUT2D eigenvalue weighted by Crippen LogP contribution is -2.42. The fourth-order valence-corrected chi connectivity index (χ4v) is 8.59. The molecule has 2 amide bonds. The van der Waals surface area contributed by atoms with Gasteiger partial charge in [0.1, 0.15) is 5.75 Å². The van der Waals surface area contributed by atoms with Gasteiger partial charge in [0.05, 0.1) is 44.1 Å². The summed E-state index contributed by atoms with van der Waals surface area (Å²) in [5.41, 5.74) is 6.01. The molecule has 12 heteroatoms. The number of para-hydroxylation sites is 1. The summed E-state index contributed by atoms with van der Waals surface area (Å²) in [5, 5.41) is 27.4. The molecule has 1 aliphatic heterocycles. The first-order valence-corrected chi connectivity index (χ1v) is 21.5. The molecule has 5 N–H and O–H groups in total. The Hall–Kier alpha value is -5.53. The molecule has 1 saturated carbocycles. The number of hydrogen-bond acceptors (Lipinski definition) is 9. The molecule has 0 spiro atoms. The van der Waals surface area contributed by atoms with Crippen LogP contribution in [0.3, 0.4) is 0 Å². The van der Waals surface area contributed by atoms with E-state index in [-0.39, 0.29) is 29.8 Å². The molecule has 12 nitrogen and oxygen atoms in total. The van der Waals surface area contributed by atoms with Crippen LogP contribution in [0, 0.1) is 11.8 Å². The standard InChI is InChI=1S/C35H48N4O5.C14H13NO2/c1-24(2)39(16-15-36-20-32(41)29-9-11-31(40)35-30(29)10-12-33(42)37-35)34(43)14-18-44-17-13-25-5-3-6-26(19-25)21-38-22-27-7-4-8-28(27)23-38;1-17-14(16)15-13-10-6-5-9-12(13)11-7-3-2-4-8-11/h3,5-6,9-12,19,24,27-28,32,36,40-41H,4,7-8,13-18,20-23H2,1-2H3,(H,37,42);2-10H,1H3,(H,15,16). The van der Waals surface area contributed by atoms with Crippen molar-refractivity contribution in [3.63, 3.8) is 0 Å². The van der Waals surface area contributed by atoms with Gasteiger partial charge in [-0.25, -0.2) is 4.79 Å². The molecule has 4 aromatic carbocycles. The van der Waals surface area contributed by atoms with Crippen molar-refractivity contribution in [2.24, 2.45) is 11.8 Å². The van der Waals surface area contributed by atoms with E-state index in [2.05, 4.69) is 49.5 Å². The summed E-state index contributed by atoms with van der Waals surface area (Å²) in [6.07, 6.45) is 4.07. The Morgan fingerprint density at radius 3 is 2.39 bits per heavy atom. The van der Waals surface area contributed by atoms with Crippen LogP contribution in [0.15, 0.2) is 108 Å². The first-order valence-electron chi connectivity index (χ1n) is 21.5. The van der Waals surface area contributed by atoms with Crippen molar-refractivity contribution in [3.05, 3.63) is 130 Å². The maximum atomic E-state index is 13.0. The molecule has 1 aliphatic carbocycles. The van der Waals surface area contributed by atoms with Crippen LogP contribution in [0.25, 0.3) is 22.0 Å². The predicted octanol–water partition coefficient (Wildman–Crippen LogP) is 7.51. The number of H-pyrrole nitrogens is 1. The third kappa shape index (κ3) is 12.7. The smallest absolute Gasteiger partial charge is 0.411 e. The Bertz CT molecular complexity index is 2230. The molecule has 2 heterocycles. The van der Waals surface area contributed by atoms with Crippen molar-refractivity contribution in [3.8, 4) is 16.9 Å². The third-order valence-electron chi connectivity index (χ3n) is 11.7. The van der Waals surface area contributed by atoms with Gasteiger partial charge in [0.15, 0.2) is 0 Å². The van der Waals surface area contributed by atoms with Crippen LogP contribution in [0.4, 0.5) is 10.5 Å². The number of nitrogens with zero attached hydrogens (tertiary/aromatic N) is 2. The number of aromatic hydroxyl groups is 1. The Morgan fingerprint density at radius 1 is 0.902 bits per heavy atom. The van der Waals surface area contributed by atoms with Crippen molar-refractivity contribution >= 4 is 28.6 Å². The van der Waals surface area contributed by atoms with E-state index in [1.807, 2.05) is 73.3 Å². The second-order valence-corrected chi connectivity index (χ2v) is 16.3. The molecule has 2 aliphatic rings. The number of phenols is 1. The third-order valence-corrected chi connectivity index (χ3v) is 11.7. The van der Waals surface area contributed by atoms with E-state index in [0.29, 0.717) is 49.2 Å². The van der Waals surface area contributed by atoms with Crippen LogP contribution in [0.1, 0.15) is 62.3 Å². The van der Waals surface area contributed by atoms with Crippen LogP contribution in [0.5, 0.6) is 5.75 Å². The first-order chi connectivity index (χ1) is 29.6. The second-order valence-electron chi connectivity index (χ2n) is 16.3. The monoisotopic (exact) mass is 831 g/mol. The van der Waals surface area contributed by atoms with Crippen molar-refractivity contribution in [2.45, 2.75) is 64.6 Å². The summed E-state index contributed by atoms with van der Waals surface area (Å²) in [4.78, 5) is 42.9. The predicted molar refractivity (Wildman–Crippen MR) is 241 cm³/mol. The molecule has 3 atom stereocenters. The number of hydrogen-bond donors (Lipinski definition) is 5. The normalized spacial score (nSPS) is 16.5. The van der Waals surface area contributed by atoms with E-state index >= 15 is 0 Å². The number of amides is 2. The fourth-order valence-electron chi connectivity index (χ4n) is 8.59. The van der Waals surface area contributed by atoms with E-state index in [1.54, 1.807) is 12.1 Å². The Labute approximate surface area is 358 Å². The summed E-state index contributed by atoms with van der Waals surface area (Å²) < 4.78 is 10.5. The maximum Gasteiger partial charge on any atom is 0.411 e.